The number of hydrogen-bond acceptors (Lipinski definition) is 6. The standard InChI is InChI=1S/C22H21FN6O/c1-13-19(30-15-8-9-29(3)20(11-15)25-2)7-6-18(21(13)23)28-22-16-10-14(24)4-5-17(16)26-12-27-22/h4-12H,24H2,1-3H3,(H,26,27,28). The highest BCUT2D eigenvalue weighted by molar-refractivity contribution is 5.92. The highest BCUT2D eigenvalue weighted by Gasteiger charge is 2.14. The lowest BCUT2D eigenvalue weighted by Crippen LogP contribution is -2.16. The smallest absolute Gasteiger partial charge is 0.153 e. The average molecular weight is 404 g/mol. The number of anilines is 3. The minimum absolute atomic E-state index is 0.283. The van der Waals surface area contributed by atoms with Crippen LogP contribution in [0.1, 0.15) is 5.56 Å². The number of aromatic nitrogens is 3. The van der Waals surface area contributed by atoms with Crippen molar-refractivity contribution in [3.63, 3.8) is 0 Å². The van der Waals surface area contributed by atoms with Gasteiger partial charge >= 0.3 is 0 Å². The monoisotopic (exact) mass is 404 g/mol. The van der Waals surface area contributed by atoms with Crippen LogP contribution in [0.2, 0.25) is 0 Å². The quantitative estimate of drug-likeness (QED) is 0.501. The molecule has 4 rings (SSSR count). The van der Waals surface area contributed by atoms with Gasteiger partial charge in [0.05, 0.1) is 11.2 Å². The van der Waals surface area contributed by atoms with Gasteiger partial charge in [-0.2, -0.15) is 0 Å². The summed E-state index contributed by atoms with van der Waals surface area (Å²) in [5, 5.41) is 3.76. The Morgan fingerprint density at radius 2 is 1.97 bits per heavy atom. The zero-order valence-electron chi connectivity index (χ0n) is 16.8. The number of nitrogens with two attached hydrogens (primary N) is 1. The minimum Gasteiger partial charge on any atom is -0.457 e. The topological polar surface area (TPSA) is 90.3 Å². The lowest BCUT2D eigenvalue weighted by molar-refractivity contribution is 0.468. The number of hydrogen-bond donors (Lipinski definition) is 2. The van der Waals surface area contributed by atoms with Crippen molar-refractivity contribution in [3.8, 4) is 11.5 Å². The molecule has 0 aliphatic carbocycles. The molecule has 8 heteroatoms. The van der Waals surface area contributed by atoms with E-state index in [1.54, 1.807) is 56.4 Å². The second-order valence-electron chi connectivity index (χ2n) is 6.83. The van der Waals surface area contributed by atoms with Crippen LogP contribution in [-0.2, 0) is 7.05 Å². The number of halogens is 1. The van der Waals surface area contributed by atoms with Gasteiger partial charge in [0.25, 0.3) is 0 Å². The summed E-state index contributed by atoms with van der Waals surface area (Å²) in [6, 6.07) is 12.2. The van der Waals surface area contributed by atoms with Crippen molar-refractivity contribution < 1.29 is 9.13 Å². The van der Waals surface area contributed by atoms with E-state index in [-0.39, 0.29) is 5.69 Å². The molecule has 0 unspecified atom stereocenters. The van der Waals surface area contributed by atoms with Crippen molar-refractivity contribution in [3.05, 3.63) is 71.9 Å². The van der Waals surface area contributed by atoms with E-state index in [1.165, 1.54) is 6.33 Å². The van der Waals surface area contributed by atoms with Gasteiger partial charge in [-0.1, -0.05) is 0 Å². The summed E-state index contributed by atoms with van der Waals surface area (Å²) in [6.07, 6.45) is 3.26. The Hall–Kier alpha value is -3.94. The molecular formula is C22H21FN6O. The van der Waals surface area contributed by atoms with Gasteiger partial charge in [-0.25, -0.2) is 14.4 Å². The van der Waals surface area contributed by atoms with Gasteiger partial charge in [0, 0.05) is 43.0 Å². The van der Waals surface area contributed by atoms with Crippen LogP contribution in [0.4, 0.5) is 21.6 Å². The molecule has 0 radical (unpaired) electrons. The van der Waals surface area contributed by atoms with E-state index in [1.807, 2.05) is 17.8 Å². The van der Waals surface area contributed by atoms with Crippen molar-refractivity contribution in [2.45, 2.75) is 6.92 Å². The van der Waals surface area contributed by atoms with Crippen molar-refractivity contribution in [1.29, 1.82) is 0 Å². The maximum Gasteiger partial charge on any atom is 0.153 e. The molecule has 0 amide bonds. The van der Waals surface area contributed by atoms with Crippen LogP contribution in [0.25, 0.3) is 10.9 Å². The first-order valence-electron chi connectivity index (χ1n) is 9.30. The van der Waals surface area contributed by atoms with Crippen LogP contribution < -0.4 is 21.3 Å². The lowest BCUT2D eigenvalue weighted by atomic mass is 10.1. The SMILES string of the molecule is CN=c1cc(Oc2ccc(Nc3ncnc4ccc(N)cc34)c(F)c2C)ccn1C. The van der Waals surface area contributed by atoms with E-state index < -0.39 is 5.82 Å². The molecule has 3 N–H and O–H groups in total. The molecule has 0 aliphatic heterocycles. The number of pyridine rings is 1. The number of nitrogen functional groups attached to an aromatic ring is 1. The van der Waals surface area contributed by atoms with Gasteiger partial charge in [0.2, 0.25) is 0 Å². The number of nitrogens with one attached hydrogen (secondary N) is 1. The zero-order chi connectivity index (χ0) is 21.3. The molecule has 0 saturated heterocycles. The molecule has 2 heterocycles. The summed E-state index contributed by atoms with van der Waals surface area (Å²) >= 11 is 0. The predicted molar refractivity (Wildman–Crippen MR) is 115 cm³/mol. The zero-order valence-corrected chi connectivity index (χ0v) is 16.8. The molecule has 0 spiro atoms. The molecule has 2 aromatic heterocycles. The largest absolute Gasteiger partial charge is 0.457 e. The summed E-state index contributed by atoms with van der Waals surface area (Å²) in [6.45, 7) is 1.67. The Morgan fingerprint density at radius 1 is 1.13 bits per heavy atom. The lowest BCUT2D eigenvalue weighted by Gasteiger charge is -2.14. The van der Waals surface area contributed by atoms with Gasteiger partial charge in [-0.15, -0.1) is 0 Å². The molecule has 30 heavy (non-hydrogen) atoms. The average Bonchev–Trinajstić information content (AvgIpc) is 2.75. The maximum atomic E-state index is 15.1. The molecule has 0 saturated carbocycles. The summed E-state index contributed by atoms with van der Waals surface area (Å²) < 4.78 is 22.9. The van der Waals surface area contributed by atoms with Crippen molar-refractivity contribution >= 4 is 28.1 Å². The van der Waals surface area contributed by atoms with Crippen molar-refractivity contribution in [2.24, 2.45) is 12.0 Å². The second kappa shape index (κ2) is 7.82. The molecule has 0 fully saturated rings. The summed E-state index contributed by atoms with van der Waals surface area (Å²) in [5.74, 6) is 1.05. The van der Waals surface area contributed by atoms with Gasteiger partial charge in [-0.3, -0.25) is 4.99 Å². The molecule has 2 aromatic carbocycles. The Balaban J connectivity index is 1.66. The molecule has 0 atom stereocenters. The number of rotatable bonds is 4. The van der Waals surface area contributed by atoms with E-state index in [0.717, 1.165) is 5.49 Å². The third-order valence-corrected chi connectivity index (χ3v) is 4.80. The first-order chi connectivity index (χ1) is 14.5. The van der Waals surface area contributed by atoms with Crippen molar-refractivity contribution in [1.82, 2.24) is 14.5 Å². The first kappa shape index (κ1) is 19.4. The third kappa shape index (κ3) is 3.67. The molecule has 0 bridgehead atoms. The Kier molecular flexibility index (Phi) is 5.05. The molecule has 152 valence electrons. The molecule has 0 aliphatic rings. The molecular weight excluding hydrogens is 383 g/mol. The maximum absolute atomic E-state index is 15.1. The van der Waals surface area contributed by atoms with Crippen LogP contribution in [-0.4, -0.2) is 21.6 Å². The van der Waals surface area contributed by atoms with Gasteiger partial charge in [-0.05, 0) is 43.3 Å². The first-order valence-corrected chi connectivity index (χ1v) is 9.30. The Bertz CT molecular complexity index is 1320. The van der Waals surface area contributed by atoms with E-state index in [4.69, 9.17) is 10.5 Å². The van der Waals surface area contributed by atoms with Crippen LogP contribution in [0.5, 0.6) is 11.5 Å². The fraction of sp³-hybridized carbons (Fsp3) is 0.136. The third-order valence-electron chi connectivity index (χ3n) is 4.80. The van der Waals surface area contributed by atoms with Gasteiger partial charge in [0.1, 0.15) is 29.1 Å². The Morgan fingerprint density at radius 3 is 2.77 bits per heavy atom. The van der Waals surface area contributed by atoms with Gasteiger partial charge < -0.3 is 20.4 Å². The molecule has 7 nitrogen and oxygen atoms in total. The number of aryl methyl sites for hydroxylation is 1. The second-order valence-corrected chi connectivity index (χ2v) is 6.83. The Labute approximate surface area is 172 Å². The van der Waals surface area contributed by atoms with Crippen LogP contribution >= 0.6 is 0 Å². The van der Waals surface area contributed by atoms with Crippen molar-refractivity contribution in [2.75, 3.05) is 18.1 Å². The number of benzene rings is 2. The van der Waals surface area contributed by atoms with Crippen LogP contribution in [0.3, 0.4) is 0 Å². The molecule has 4 aromatic rings. The summed E-state index contributed by atoms with van der Waals surface area (Å²) in [7, 11) is 3.59. The van der Waals surface area contributed by atoms with E-state index in [0.29, 0.717) is 39.5 Å². The number of fused-ring (bicyclic) bond motifs is 1. The highest BCUT2D eigenvalue weighted by Crippen LogP contribution is 2.32. The predicted octanol–water partition coefficient (Wildman–Crippen LogP) is 4.06. The normalized spacial score (nSPS) is 11.7. The highest BCUT2D eigenvalue weighted by atomic mass is 19.1. The number of ether oxygens (including phenoxy) is 1. The summed E-state index contributed by atoms with van der Waals surface area (Å²) in [5.41, 5.74) is 8.58. The van der Waals surface area contributed by atoms with E-state index in [2.05, 4.69) is 20.3 Å². The fourth-order valence-electron chi connectivity index (χ4n) is 3.13. The van der Waals surface area contributed by atoms with E-state index >= 15 is 4.39 Å². The summed E-state index contributed by atoms with van der Waals surface area (Å²) in [4.78, 5) is 12.6. The fourth-order valence-corrected chi connectivity index (χ4v) is 3.13. The number of nitrogens with zero attached hydrogens (tertiary/aromatic N) is 4. The van der Waals surface area contributed by atoms with E-state index in [9.17, 15) is 0 Å². The minimum atomic E-state index is -0.426. The van der Waals surface area contributed by atoms with Crippen LogP contribution in [0, 0.1) is 12.7 Å². The van der Waals surface area contributed by atoms with Crippen LogP contribution in [0.15, 0.2) is 60.0 Å². The van der Waals surface area contributed by atoms with Gasteiger partial charge in [0.15, 0.2) is 5.82 Å².